The molecule has 2 heterocycles. The van der Waals surface area contributed by atoms with Crippen LogP contribution in [-0.4, -0.2) is 43.3 Å². The molecule has 2 radical (unpaired) electrons. The Morgan fingerprint density at radius 3 is 3.00 bits per heavy atom. The van der Waals surface area contributed by atoms with Crippen LogP contribution in [0.3, 0.4) is 0 Å². The third-order valence-electron chi connectivity index (χ3n) is 2.44. The molecule has 6 nitrogen and oxygen atoms in total. The average molecular weight is 248 g/mol. The van der Waals surface area contributed by atoms with Gasteiger partial charge < -0.3 is 14.4 Å². The van der Waals surface area contributed by atoms with Crippen LogP contribution < -0.4 is 0 Å². The summed E-state index contributed by atoms with van der Waals surface area (Å²) < 4.78 is 31.8. The molecule has 0 aromatic carbocycles. The third kappa shape index (κ3) is 2.35. The molecule has 0 saturated carbocycles. The molecule has 0 aliphatic carbocycles. The molecule has 8 heteroatoms. The summed E-state index contributed by atoms with van der Waals surface area (Å²) >= 11 is 0. The Morgan fingerprint density at radius 1 is 1.69 bits per heavy atom. The van der Waals surface area contributed by atoms with E-state index in [-0.39, 0.29) is 12.7 Å². The molecule has 4 atom stereocenters. The minimum absolute atomic E-state index is 0.0214. The molecular weight excluding hydrogens is 234 g/mol. The molecule has 0 spiro atoms. The van der Waals surface area contributed by atoms with Crippen LogP contribution in [0.5, 0.6) is 0 Å². The van der Waals surface area contributed by atoms with E-state index in [0.717, 1.165) is 0 Å². The Balaban J connectivity index is 2.11. The second kappa shape index (κ2) is 4.08. The number of hydrogen-bond acceptors (Lipinski definition) is 5. The lowest BCUT2D eigenvalue weighted by Gasteiger charge is -2.26. The van der Waals surface area contributed by atoms with Gasteiger partial charge in [-0.3, -0.25) is 4.52 Å². The van der Waals surface area contributed by atoms with Crippen LogP contribution in [0.4, 0.5) is 0 Å². The van der Waals surface area contributed by atoms with Gasteiger partial charge in [-0.15, -0.1) is 0 Å². The van der Waals surface area contributed by atoms with E-state index in [1.807, 2.05) is 13.8 Å². The normalized spacial score (nSPS) is 47.5. The van der Waals surface area contributed by atoms with Gasteiger partial charge in [-0.05, 0) is 20.3 Å². The summed E-state index contributed by atoms with van der Waals surface area (Å²) in [4.78, 5) is 9.25. The van der Waals surface area contributed by atoms with Crippen molar-refractivity contribution in [1.82, 2.24) is 0 Å². The fraction of sp³-hybridized carbons (Fsp3) is 1.00. The highest BCUT2D eigenvalue weighted by atomic mass is 31.2. The van der Waals surface area contributed by atoms with E-state index in [1.54, 1.807) is 0 Å². The van der Waals surface area contributed by atoms with Crippen LogP contribution in [-0.2, 0) is 23.1 Å². The van der Waals surface area contributed by atoms with E-state index in [2.05, 4.69) is 0 Å². The first-order chi connectivity index (χ1) is 7.33. The molecule has 2 fully saturated rings. The zero-order chi connectivity index (χ0) is 12.0. The molecule has 2 saturated heterocycles. The molecule has 1 unspecified atom stereocenters. The number of ether oxygens (including phenoxy) is 2. The molecule has 90 valence electrons. The maximum atomic E-state index is 11.3. The highest BCUT2D eigenvalue weighted by molar-refractivity contribution is 7.47. The lowest BCUT2D eigenvalue weighted by molar-refractivity contribution is -0.202. The summed E-state index contributed by atoms with van der Waals surface area (Å²) in [6.07, 6.45) is -0.388. The van der Waals surface area contributed by atoms with E-state index in [9.17, 15) is 9.46 Å². The van der Waals surface area contributed by atoms with E-state index in [0.29, 0.717) is 6.42 Å². The van der Waals surface area contributed by atoms with Crippen molar-refractivity contribution in [2.75, 3.05) is 6.61 Å². The summed E-state index contributed by atoms with van der Waals surface area (Å²) in [5.74, 6) is -1.34. The van der Waals surface area contributed by atoms with Gasteiger partial charge in [0.2, 0.25) is 5.79 Å². The van der Waals surface area contributed by atoms with Crippen LogP contribution in [0.25, 0.3) is 0 Å². The van der Waals surface area contributed by atoms with Crippen LogP contribution >= 0.6 is 7.82 Å². The lowest BCUT2D eigenvalue weighted by atomic mass is 9.96. The van der Waals surface area contributed by atoms with Crippen LogP contribution in [0.15, 0.2) is 0 Å². The van der Waals surface area contributed by atoms with Gasteiger partial charge in [0.25, 0.3) is 0 Å². The largest absolute Gasteiger partial charge is 0.475 e. The van der Waals surface area contributed by atoms with E-state index >= 15 is 0 Å². The first kappa shape index (κ1) is 12.5. The zero-order valence-corrected chi connectivity index (χ0v) is 10.1. The van der Waals surface area contributed by atoms with E-state index < -0.39 is 25.7 Å². The second-order valence-electron chi connectivity index (χ2n) is 4.22. The van der Waals surface area contributed by atoms with Crippen molar-refractivity contribution in [3.63, 3.8) is 0 Å². The monoisotopic (exact) mass is 248 g/mol. The highest BCUT2D eigenvalue weighted by Crippen LogP contribution is 2.60. The SMILES string of the molecule is [B][C@H]1C[C@H]2OP(=O)(O)O[C@]2(COC(C)C)O1. The molecular formula is C8H14BO6P. The standard InChI is InChI=1S/C8H14BO6P/c1-5(2)12-4-8-6(3-7(9)13-8)14-16(10,11)15-8/h5-7H,3-4H2,1-2H3,(H,10,11)/t6-,7-,8+/m1/s1. The number of rotatable bonds is 3. The van der Waals surface area contributed by atoms with Crippen molar-refractivity contribution in [2.45, 2.75) is 44.3 Å². The van der Waals surface area contributed by atoms with Crippen LogP contribution in [0, 0.1) is 0 Å². The third-order valence-corrected chi connectivity index (χ3v) is 3.50. The van der Waals surface area contributed by atoms with Crippen LogP contribution in [0.1, 0.15) is 20.3 Å². The maximum Gasteiger partial charge on any atom is 0.475 e. The average Bonchev–Trinajstić information content (AvgIpc) is 2.49. The molecule has 0 aromatic rings. The molecule has 1 N–H and O–H groups in total. The van der Waals surface area contributed by atoms with Crippen molar-refractivity contribution >= 4 is 15.7 Å². The smallest absolute Gasteiger partial charge is 0.373 e. The van der Waals surface area contributed by atoms with Gasteiger partial charge in [-0.25, -0.2) is 9.09 Å². The maximum absolute atomic E-state index is 11.3. The van der Waals surface area contributed by atoms with Gasteiger partial charge in [0, 0.05) is 6.00 Å². The fourth-order valence-electron chi connectivity index (χ4n) is 1.79. The van der Waals surface area contributed by atoms with Gasteiger partial charge in [-0.2, -0.15) is 0 Å². The molecule has 2 aliphatic heterocycles. The van der Waals surface area contributed by atoms with Crippen molar-refractivity contribution in [1.29, 1.82) is 0 Å². The Morgan fingerprint density at radius 2 is 2.38 bits per heavy atom. The van der Waals surface area contributed by atoms with Crippen molar-refractivity contribution in [3.8, 4) is 0 Å². The molecule has 0 aromatic heterocycles. The quantitative estimate of drug-likeness (QED) is 0.580. The molecule has 2 aliphatic rings. The molecule has 0 amide bonds. The van der Waals surface area contributed by atoms with E-state index in [1.165, 1.54) is 0 Å². The van der Waals surface area contributed by atoms with Gasteiger partial charge in [-0.1, -0.05) is 0 Å². The van der Waals surface area contributed by atoms with Crippen LogP contribution in [0.2, 0.25) is 0 Å². The number of fused-ring (bicyclic) bond motifs is 1. The zero-order valence-electron chi connectivity index (χ0n) is 9.16. The number of phosphoric ester groups is 1. The minimum Gasteiger partial charge on any atom is -0.373 e. The summed E-state index contributed by atoms with van der Waals surface area (Å²) in [7, 11) is 1.56. The Kier molecular flexibility index (Phi) is 3.20. The Labute approximate surface area is 95.2 Å². The first-order valence-electron chi connectivity index (χ1n) is 5.10. The fourth-order valence-corrected chi connectivity index (χ4v) is 3.00. The predicted octanol–water partition coefficient (Wildman–Crippen LogP) is 0.538. The van der Waals surface area contributed by atoms with Gasteiger partial charge in [0.05, 0.1) is 6.10 Å². The summed E-state index contributed by atoms with van der Waals surface area (Å²) in [6.45, 7) is 3.71. The Hall–Kier alpha value is 0.0949. The number of hydrogen-bond donors (Lipinski definition) is 1. The summed E-state index contributed by atoms with van der Waals surface area (Å²) in [6, 6.07) is -0.568. The van der Waals surface area contributed by atoms with Crippen molar-refractivity contribution in [3.05, 3.63) is 0 Å². The second-order valence-corrected chi connectivity index (χ2v) is 5.55. The number of phosphoric acid groups is 1. The summed E-state index contributed by atoms with van der Waals surface area (Å²) in [5.41, 5.74) is 0. The highest BCUT2D eigenvalue weighted by Gasteiger charge is 2.61. The van der Waals surface area contributed by atoms with Crippen molar-refractivity contribution < 1.29 is 28.0 Å². The summed E-state index contributed by atoms with van der Waals surface area (Å²) in [5, 5.41) is 0. The molecule has 2 rings (SSSR count). The molecule has 16 heavy (non-hydrogen) atoms. The lowest BCUT2D eigenvalue weighted by Crippen LogP contribution is -2.42. The first-order valence-corrected chi connectivity index (χ1v) is 6.59. The van der Waals surface area contributed by atoms with Gasteiger partial charge in [0.15, 0.2) is 0 Å². The topological polar surface area (TPSA) is 74.2 Å². The van der Waals surface area contributed by atoms with Gasteiger partial charge in [0.1, 0.15) is 20.6 Å². The van der Waals surface area contributed by atoms with Gasteiger partial charge >= 0.3 is 7.82 Å². The Bertz CT molecular complexity index is 324. The minimum atomic E-state index is -4.03. The molecule has 0 bridgehead atoms. The predicted molar refractivity (Wildman–Crippen MR) is 54.8 cm³/mol. The van der Waals surface area contributed by atoms with Crippen molar-refractivity contribution in [2.24, 2.45) is 0 Å². The van der Waals surface area contributed by atoms with E-state index in [4.69, 9.17) is 26.4 Å².